The van der Waals surface area contributed by atoms with E-state index in [1.807, 2.05) is 12.1 Å². The number of aromatic nitrogens is 2. The molecule has 0 N–H and O–H groups in total. The molecule has 1 aliphatic heterocycles. The summed E-state index contributed by atoms with van der Waals surface area (Å²) in [6.45, 7) is -0.159. The van der Waals surface area contributed by atoms with E-state index in [1.54, 1.807) is 35.8 Å². The van der Waals surface area contributed by atoms with Gasteiger partial charge in [0.1, 0.15) is 6.61 Å². The largest absolute Gasteiger partial charge is 0.456 e. The second-order valence-corrected chi connectivity index (χ2v) is 8.79. The Labute approximate surface area is 201 Å². The number of amides is 2. The monoisotopic (exact) mass is 481 g/mol. The lowest BCUT2D eigenvalue weighted by Crippen LogP contribution is -2.40. The number of carbonyl (C=O) groups excluding carboxylic acids is 3. The summed E-state index contributed by atoms with van der Waals surface area (Å²) >= 11 is 1.31. The molecule has 0 radical (unpaired) electrons. The molecule has 0 saturated heterocycles. The molecule has 8 nitrogen and oxygen atoms in total. The number of fused-ring (bicyclic) bond motifs is 1. The molecule has 0 bridgehead atoms. The van der Waals surface area contributed by atoms with Crippen LogP contribution in [0.3, 0.4) is 0 Å². The Bertz CT molecular complexity index is 1690. The lowest BCUT2D eigenvalue weighted by Gasteiger charge is -2.27. The zero-order chi connectivity index (χ0) is 24.1. The summed E-state index contributed by atoms with van der Waals surface area (Å²) in [6, 6.07) is 18.1. The average molecular weight is 481 g/mol. The van der Waals surface area contributed by atoms with Crippen LogP contribution in [0, 0.1) is 0 Å². The molecule has 170 valence electrons. The molecule has 2 amide bonds. The van der Waals surface area contributed by atoms with E-state index in [0.29, 0.717) is 32.9 Å². The first-order chi connectivity index (χ1) is 17.0. The van der Waals surface area contributed by atoms with Crippen LogP contribution >= 0.6 is 11.3 Å². The first-order valence-electron chi connectivity index (χ1n) is 10.6. The summed E-state index contributed by atoms with van der Waals surface area (Å²) in [7, 11) is 0. The Morgan fingerprint density at radius 3 is 2.29 bits per heavy atom. The Kier molecular flexibility index (Phi) is 4.78. The number of esters is 1. The molecule has 6 rings (SSSR count). The van der Waals surface area contributed by atoms with Crippen LogP contribution in [0.5, 0.6) is 0 Å². The Morgan fingerprint density at radius 1 is 0.914 bits per heavy atom. The summed E-state index contributed by atoms with van der Waals surface area (Å²) in [5.41, 5.74) is 1.59. The van der Waals surface area contributed by atoms with Crippen LogP contribution in [0.4, 0.5) is 5.69 Å². The number of benzene rings is 3. The lowest BCUT2D eigenvalue weighted by atomic mass is 9.94. The predicted octanol–water partition coefficient (Wildman–Crippen LogP) is 4.07. The minimum atomic E-state index is -0.615. The number of ether oxygens (including phenoxy) is 1. The molecule has 35 heavy (non-hydrogen) atoms. The van der Waals surface area contributed by atoms with E-state index in [9.17, 15) is 19.2 Å². The molecular formula is C26H15N3O5S. The Balaban J connectivity index is 1.23. The summed E-state index contributed by atoms with van der Waals surface area (Å²) in [5.74, 6) is -1.46. The number of hydrogen-bond acceptors (Lipinski definition) is 7. The van der Waals surface area contributed by atoms with Crippen molar-refractivity contribution in [1.82, 2.24) is 9.38 Å². The number of anilines is 1. The molecule has 0 unspecified atom stereocenters. The third kappa shape index (κ3) is 3.41. The zero-order valence-electron chi connectivity index (χ0n) is 18.0. The summed E-state index contributed by atoms with van der Waals surface area (Å²) in [6.07, 6.45) is 1.63. The fourth-order valence-corrected chi connectivity index (χ4v) is 4.93. The summed E-state index contributed by atoms with van der Waals surface area (Å²) in [4.78, 5) is 56.9. The van der Waals surface area contributed by atoms with Crippen molar-refractivity contribution in [1.29, 1.82) is 0 Å². The maximum Gasteiger partial charge on any atom is 0.338 e. The molecule has 9 heteroatoms. The number of thiazole rings is 1. The van der Waals surface area contributed by atoms with Crippen LogP contribution in [0.2, 0.25) is 0 Å². The second-order valence-electron chi connectivity index (χ2n) is 7.92. The summed E-state index contributed by atoms with van der Waals surface area (Å²) < 4.78 is 6.73. The highest BCUT2D eigenvalue weighted by molar-refractivity contribution is 7.15. The third-order valence-electron chi connectivity index (χ3n) is 5.84. The van der Waals surface area contributed by atoms with E-state index in [1.165, 1.54) is 46.1 Å². The van der Waals surface area contributed by atoms with Gasteiger partial charge in [-0.05, 0) is 41.8 Å². The van der Waals surface area contributed by atoms with Gasteiger partial charge in [-0.1, -0.05) is 24.3 Å². The van der Waals surface area contributed by atoms with Gasteiger partial charge in [-0.2, -0.15) is 0 Å². The molecule has 0 fully saturated rings. The fourth-order valence-electron chi connectivity index (χ4n) is 4.20. The molecule has 0 spiro atoms. The van der Waals surface area contributed by atoms with Crippen LogP contribution in [-0.4, -0.2) is 27.2 Å². The van der Waals surface area contributed by atoms with Crippen LogP contribution in [0.1, 0.15) is 36.8 Å². The molecule has 1 aliphatic rings. The fraction of sp³-hybridized carbons (Fsp3) is 0.0385. The van der Waals surface area contributed by atoms with Crippen molar-refractivity contribution in [3.8, 4) is 0 Å². The first-order valence-corrected chi connectivity index (χ1v) is 11.5. The van der Waals surface area contributed by atoms with Gasteiger partial charge in [0.15, 0.2) is 4.96 Å². The topological polar surface area (TPSA) is 98.1 Å². The number of imide groups is 1. The molecule has 5 aromatic rings. The first kappa shape index (κ1) is 20.9. The van der Waals surface area contributed by atoms with Crippen molar-refractivity contribution in [3.05, 3.63) is 111 Å². The normalized spacial score (nSPS) is 13.0. The highest BCUT2D eigenvalue weighted by atomic mass is 32.1. The van der Waals surface area contributed by atoms with E-state index < -0.39 is 17.8 Å². The van der Waals surface area contributed by atoms with E-state index in [2.05, 4.69) is 4.98 Å². The smallest absolute Gasteiger partial charge is 0.338 e. The van der Waals surface area contributed by atoms with Crippen LogP contribution < -0.4 is 10.5 Å². The number of hydrogen-bond donors (Lipinski definition) is 0. The molecule has 2 aromatic heterocycles. The highest BCUT2D eigenvalue weighted by Crippen LogP contribution is 2.32. The van der Waals surface area contributed by atoms with Gasteiger partial charge in [0.2, 0.25) is 0 Å². The number of rotatable bonds is 4. The molecule has 3 heterocycles. The molecule has 0 atom stereocenters. The maximum absolute atomic E-state index is 13.2. The van der Waals surface area contributed by atoms with Gasteiger partial charge < -0.3 is 4.74 Å². The Hall–Kier alpha value is -4.63. The zero-order valence-corrected chi connectivity index (χ0v) is 18.8. The number of nitrogens with zero attached hydrogens (tertiary/aromatic N) is 3. The van der Waals surface area contributed by atoms with Gasteiger partial charge in [-0.15, -0.1) is 11.3 Å². The minimum Gasteiger partial charge on any atom is -0.456 e. The van der Waals surface area contributed by atoms with Gasteiger partial charge in [-0.25, -0.2) is 14.7 Å². The molecule has 0 aliphatic carbocycles. The van der Waals surface area contributed by atoms with E-state index >= 15 is 0 Å². The SMILES string of the molecule is O=C(OCc1cc(=O)n2ccsc2n1)c1ccc(N2C(=O)c3cccc4cccc(c34)C2=O)cc1. The summed E-state index contributed by atoms with van der Waals surface area (Å²) in [5, 5.41) is 3.23. The Morgan fingerprint density at radius 2 is 1.60 bits per heavy atom. The second kappa shape index (κ2) is 8.00. The minimum absolute atomic E-state index is 0.159. The van der Waals surface area contributed by atoms with E-state index in [-0.39, 0.29) is 17.7 Å². The van der Waals surface area contributed by atoms with Crippen LogP contribution in [-0.2, 0) is 11.3 Å². The van der Waals surface area contributed by atoms with Crippen LogP contribution in [0.15, 0.2) is 83.1 Å². The molecule has 3 aromatic carbocycles. The predicted molar refractivity (Wildman–Crippen MR) is 130 cm³/mol. The van der Waals surface area contributed by atoms with Gasteiger partial charge in [-0.3, -0.25) is 18.8 Å². The average Bonchev–Trinajstić information content (AvgIpc) is 3.36. The highest BCUT2D eigenvalue weighted by Gasteiger charge is 2.33. The molecule has 0 saturated carbocycles. The van der Waals surface area contributed by atoms with Gasteiger partial charge in [0, 0.05) is 34.2 Å². The van der Waals surface area contributed by atoms with Crippen molar-refractivity contribution in [2.45, 2.75) is 6.61 Å². The van der Waals surface area contributed by atoms with Crippen molar-refractivity contribution in [3.63, 3.8) is 0 Å². The van der Waals surface area contributed by atoms with Crippen molar-refractivity contribution in [2.75, 3.05) is 4.90 Å². The van der Waals surface area contributed by atoms with Gasteiger partial charge in [0.05, 0.1) is 16.9 Å². The van der Waals surface area contributed by atoms with E-state index in [4.69, 9.17) is 4.74 Å². The standard InChI is InChI=1S/C26H15N3O5S/c30-21-13-17(27-26-28(21)11-12-35-26)14-34-25(33)16-7-9-18(10-8-16)29-23(31)19-5-1-3-15-4-2-6-20(22(15)19)24(29)32/h1-13H,14H2. The quantitative estimate of drug-likeness (QED) is 0.284. The van der Waals surface area contributed by atoms with Gasteiger partial charge >= 0.3 is 5.97 Å². The third-order valence-corrected chi connectivity index (χ3v) is 6.60. The number of carbonyl (C=O) groups is 3. The van der Waals surface area contributed by atoms with E-state index in [0.717, 1.165) is 10.3 Å². The molecular weight excluding hydrogens is 466 g/mol. The maximum atomic E-state index is 13.2. The van der Waals surface area contributed by atoms with Gasteiger partial charge in [0.25, 0.3) is 17.4 Å². The lowest BCUT2D eigenvalue weighted by molar-refractivity contribution is 0.0467. The van der Waals surface area contributed by atoms with Crippen molar-refractivity contribution >= 4 is 50.5 Å². The van der Waals surface area contributed by atoms with Crippen molar-refractivity contribution < 1.29 is 19.1 Å². The van der Waals surface area contributed by atoms with Crippen molar-refractivity contribution in [2.24, 2.45) is 0 Å². The van der Waals surface area contributed by atoms with Crippen LogP contribution in [0.25, 0.3) is 15.7 Å².